The van der Waals surface area contributed by atoms with E-state index in [9.17, 15) is 5.11 Å². The Kier molecular flexibility index (Phi) is 4.91. The summed E-state index contributed by atoms with van der Waals surface area (Å²) in [5.74, 6) is 6.57. The predicted octanol–water partition coefficient (Wildman–Crippen LogP) is 0.954. The molecular weight excluding hydrogens is 274 g/mol. The van der Waals surface area contributed by atoms with Gasteiger partial charge in [0.05, 0.1) is 6.10 Å². The number of aliphatic hydroxyl groups excluding tert-OH is 1. The summed E-state index contributed by atoms with van der Waals surface area (Å²) in [5, 5.41) is 12.7. The highest BCUT2D eigenvalue weighted by atomic mass is 79.9. The van der Waals surface area contributed by atoms with Crippen LogP contribution in [0.4, 0.5) is 11.6 Å². The van der Waals surface area contributed by atoms with E-state index in [0.717, 1.165) is 0 Å². The van der Waals surface area contributed by atoms with Crippen LogP contribution in [-0.4, -0.2) is 27.7 Å². The van der Waals surface area contributed by atoms with E-state index >= 15 is 0 Å². The first-order valence-corrected chi connectivity index (χ1v) is 5.74. The molecule has 1 rings (SSSR count). The zero-order valence-electron chi connectivity index (χ0n) is 9.24. The number of nitrogen functional groups attached to an aromatic ring is 1. The molecule has 0 saturated carbocycles. The summed E-state index contributed by atoms with van der Waals surface area (Å²) in [5.41, 5.74) is 2.45. The molecule has 7 heteroatoms. The van der Waals surface area contributed by atoms with Crippen LogP contribution in [0, 0.1) is 5.92 Å². The third-order valence-corrected chi connectivity index (χ3v) is 2.93. The Morgan fingerprint density at radius 1 is 1.44 bits per heavy atom. The monoisotopic (exact) mass is 289 g/mol. The molecule has 5 N–H and O–H groups in total. The van der Waals surface area contributed by atoms with Crippen LogP contribution in [0.5, 0.6) is 0 Å². The predicted molar refractivity (Wildman–Crippen MR) is 66.9 cm³/mol. The summed E-state index contributed by atoms with van der Waals surface area (Å²) in [7, 11) is 0. The van der Waals surface area contributed by atoms with E-state index in [1.54, 1.807) is 0 Å². The minimum absolute atomic E-state index is 0.195. The quantitative estimate of drug-likeness (QED) is 0.476. The summed E-state index contributed by atoms with van der Waals surface area (Å²) in [6.07, 6.45) is 0.973. The molecule has 90 valence electrons. The van der Waals surface area contributed by atoms with Gasteiger partial charge in [-0.3, -0.25) is 0 Å². The molecule has 0 aliphatic carbocycles. The van der Waals surface area contributed by atoms with E-state index in [0.29, 0.717) is 22.7 Å². The maximum Gasteiger partial charge on any atom is 0.159 e. The van der Waals surface area contributed by atoms with Crippen LogP contribution in [0.2, 0.25) is 0 Å². The van der Waals surface area contributed by atoms with E-state index in [-0.39, 0.29) is 5.92 Å². The Morgan fingerprint density at radius 3 is 2.62 bits per heavy atom. The smallest absolute Gasteiger partial charge is 0.159 e. The number of nitrogens with one attached hydrogen (secondary N) is 2. The Morgan fingerprint density at radius 2 is 2.06 bits per heavy atom. The zero-order valence-corrected chi connectivity index (χ0v) is 10.8. The Labute approximate surface area is 103 Å². The Balaban J connectivity index is 2.67. The summed E-state index contributed by atoms with van der Waals surface area (Å²) in [6.45, 7) is 4.33. The van der Waals surface area contributed by atoms with E-state index in [1.165, 1.54) is 6.33 Å². The van der Waals surface area contributed by atoms with Crippen LogP contribution < -0.4 is 16.6 Å². The molecule has 0 bridgehead atoms. The lowest BCUT2D eigenvalue weighted by atomic mass is 10.1. The normalized spacial score (nSPS) is 12.6. The molecule has 1 atom stereocenters. The van der Waals surface area contributed by atoms with Crippen LogP contribution in [0.25, 0.3) is 0 Å². The van der Waals surface area contributed by atoms with Crippen LogP contribution >= 0.6 is 15.9 Å². The van der Waals surface area contributed by atoms with Gasteiger partial charge in [-0.05, 0) is 21.8 Å². The molecule has 1 heterocycles. The largest absolute Gasteiger partial charge is 0.391 e. The second-order valence-electron chi connectivity index (χ2n) is 3.72. The topological polar surface area (TPSA) is 96.1 Å². The van der Waals surface area contributed by atoms with Gasteiger partial charge in [-0.1, -0.05) is 13.8 Å². The van der Waals surface area contributed by atoms with Crippen molar-refractivity contribution >= 4 is 27.6 Å². The standard InChI is InChI=1S/C9H16BrN5O/c1-5(2)6(16)3-12-8-7(10)9(15-11)14-4-13-8/h4-6,16H,3,11H2,1-2H3,(H2,12,13,14,15). The third-order valence-electron chi connectivity index (χ3n) is 2.17. The maximum absolute atomic E-state index is 9.64. The molecule has 0 aromatic carbocycles. The van der Waals surface area contributed by atoms with Gasteiger partial charge in [-0.15, -0.1) is 0 Å². The van der Waals surface area contributed by atoms with Gasteiger partial charge in [0.25, 0.3) is 0 Å². The number of nitrogens with two attached hydrogens (primary N) is 1. The molecule has 0 spiro atoms. The molecule has 16 heavy (non-hydrogen) atoms. The second-order valence-corrected chi connectivity index (χ2v) is 4.51. The Hall–Kier alpha value is -0.920. The summed E-state index contributed by atoms with van der Waals surface area (Å²) in [4.78, 5) is 7.97. The number of hydrazine groups is 1. The molecule has 1 aromatic heterocycles. The molecule has 1 aromatic rings. The molecule has 0 saturated heterocycles. The molecule has 0 radical (unpaired) electrons. The highest BCUT2D eigenvalue weighted by molar-refractivity contribution is 9.10. The van der Waals surface area contributed by atoms with Crippen molar-refractivity contribution in [2.75, 3.05) is 17.3 Å². The minimum Gasteiger partial charge on any atom is -0.391 e. The van der Waals surface area contributed by atoms with Crippen LogP contribution in [0.1, 0.15) is 13.8 Å². The van der Waals surface area contributed by atoms with Gasteiger partial charge in [0.15, 0.2) is 5.82 Å². The molecule has 0 aliphatic heterocycles. The van der Waals surface area contributed by atoms with Crippen molar-refractivity contribution < 1.29 is 5.11 Å². The molecule has 0 amide bonds. The number of aliphatic hydroxyl groups is 1. The Bertz CT molecular complexity index is 347. The van der Waals surface area contributed by atoms with Gasteiger partial charge in [-0.25, -0.2) is 15.8 Å². The number of hydrogen-bond donors (Lipinski definition) is 4. The molecular formula is C9H16BrN5O. The van der Waals surface area contributed by atoms with Crippen molar-refractivity contribution in [2.45, 2.75) is 20.0 Å². The van der Waals surface area contributed by atoms with Crippen molar-refractivity contribution in [3.8, 4) is 0 Å². The van der Waals surface area contributed by atoms with Gasteiger partial charge in [0.1, 0.15) is 16.6 Å². The summed E-state index contributed by atoms with van der Waals surface area (Å²) < 4.78 is 0.647. The fourth-order valence-corrected chi connectivity index (χ4v) is 1.49. The fraction of sp³-hybridized carbons (Fsp3) is 0.556. The lowest BCUT2D eigenvalue weighted by molar-refractivity contribution is 0.138. The van der Waals surface area contributed by atoms with Crippen molar-refractivity contribution in [1.29, 1.82) is 0 Å². The fourth-order valence-electron chi connectivity index (χ4n) is 1.03. The number of nitrogens with zero attached hydrogens (tertiary/aromatic N) is 2. The molecule has 0 aliphatic rings. The second kappa shape index (κ2) is 5.97. The van der Waals surface area contributed by atoms with E-state index < -0.39 is 6.10 Å². The van der Waals surface area contributed by atoms with Gasteiger partial charge in [0, 0.05) is 6.54 Å². The number of halogens is 1. The van der Waals surface area contributed by atoms with E-state index in [4.69, 9.17) is 5.84 Å². The first-order valence-electron chi connectivity index (χ1n) is 4.95. The van der Waals surface area contributed by atoms with E-state index in [2.05, 4.69) is 36.6 Å². The number of anilines is 2. The van der Waals surface area contributed by atoms with Crippen LogP contribution in [0.15, 0.2) is 10.8 Å². The average molecular weight is 290 g/mol. The first-order chi connectivity index (χ1) is 7.56. The summed E-state index contributed by atoms with van der Waals surface area (Å²) >= 11 is 3.32. The van der Waals surface area contributed by atoms with Crippen LogP contribution in [-0.2, 0) is 0 Å². The van der Waals surface area contributed by atoms with Crippen molar-refractivity contribution in [3.05, 3.63) is 10.8 Å². The number of hydrogen-bond acceptors (Lipinski definition) is 6. The number of rotatable bonds is 5. The van der Waals surface area contributed by atoms with Gasteiger partial charge >= 0.3 is 0 Å². The molecule has 6 nitrogen and oxygen atoms in total. The molecule has 1 unspecified atom stereocenters. The van der Waals surface area contributed by atoms with Crippen molar-refractivity contribution in [1.82, 2.24) is 9.97 Å². The minimum atomic E-state index is -0.420. The SMILES string of the molecule is CC(C)C(O)CNc1ncnc(NN)c1Br. The lowest BCUT2D eigenvalue weighted by Crippen LogP contribution is -2.25. The highest BCUT2D eigenvalue weighted by Gasteiger charge is 2.11. The van der Waals surface area contributed by atoms with E-state index in [1.807, 2.05) is 13.8 Å². The van der Waals surface area contributed by atoms with Crippen LogP contribution in [0.3, 0.4) is 0 Å². The van der Waals surface area contributed by atoms with Gasteiger partial charge in [-0.2, -0.15) is 0 Å². The van der Waals surface area contributed by atoms with Crippen molar-refractivity contribution in [2.24, 2.45) is 11.8 Å². The maximum atomic E-state index is 9.64. The zero-order chi connectivity index (χ0) is 12.1. The summed E-state index contributed by atoms with van der Waals surface area (Å²) in [6, 6.07) is 0. The van der Waals surface area contributed by atoms with Gasteiger partial charge in [0.2, 0.25) is 0 Å². The van der Waals surface area contributed by atoms with Gasteiger partial charge < -0.3 is 15.8 Å². The number of aromatic nitrogens is 2. The lowest BCUT2D eigenvalue weighted by Gasteiger charge is -2.16. The van der Waals surface area contributed by atoms with Crippen molar-refractivity contribution in [3.63, 3.8) is 0 Å². The third kappa shape index (κ3) is 3.29. The highest BCUT2D eigenvalue weighted by Crippen LogP contribution is 2.25. The average Bonchev–Trinajstić information content (AvgIpc) is 2.27. The first kappa shape index (κ1) is 13.1. The molecule has 0 fully saturated rings.